The molecule has 0 unspecified atom stereocenters. The fourth-order valence-corrected chi connectivity index (χ4v) is 4.79. The van der Waals surface area contributed by atoms with Gasteiger partial charge in [0.05, 0.1) is 6.61 Å². The van der Waals surface area contributed by atoms with E-state index in [4.69, 9.17) is 4.74 Å². The maximum Gasteiger partial charge on any atom is 0.258 e. The van der Waals surface area contributed by atoms with Gasteiger partial charge in [0.2, 0.25) is 5.91 Å². The molecule has 2 aromatic carbocycles. The summed E-state index contributed by atoms with van der Waals surface area (Å²) in [6.45, 7) is 4.36. The number of nitrogens with zero attached hydrogens (tertiary/aromatic N) is 4. The molecule has 0 radical (unpaired) electrons. The van der Waals surface area contributed by atoms with E-state index in [-0.39, 0.29) is 11.5 Å². The van der Waals surface area contributed by atoms with Gasteiger partial charge in [0, 0.05) is 68.8 Å². The second-order valence-corrected chi connectivity index (χ2v) is 9.38. The van der Waals surface area contributed by atoms with Gasteiger partial charge in [-0.2, -0.15) is 0 Å². The Bertz CT molecular complexity index is 1390. The molecule has 1 saturated heterocycles. The number of carbonyl (C=O) groups is 1. The van der Waals surface area contributed by atoms with Crippen LogP contribution in [0.3, 0.4) is 0 Å². The zero-order valence-corrected chi connectivity index (χ0v) is 21.0. The minimum Gasteiger partial charge on any atom is -0.494 e. The van der Waals surface area contributed by atoms with Crippen molar-refractivity contribution in [2.24, 2.45) is 0 Å². The molecule has 0 spiro atoms. The smallest absolute Gasteiger partial charge is 0.258 e. The Balaban J connectivity index is 1.17. The summed E-state index contributed by atoms with van der Waals surface area (Å²) in [5, 5.41) is 1.72. The van der Waals surface area contributed by atoms with Crippen LogP contribution in [-0.4, -0.2) is 46.6 Å². The maximum absolute atomic E-state index is 12.9. The normalized spacial score (nSPS) is 13.5. The zero-order valence-electron chi connectivity index (χ0n) is 21.0. The summed E-state index contributed by atoms with van der Waals surface area (Å²) < 4.78 is 7.78. The zero-order chi connectivity index (χ0) is 25.5. The third-order valence-electron chi connectivity index (χ3n) is 6.81. The van der Waals surface area contributed by atoms with Gasteiger partial charge in [-0.25, -0.2) is 0 Å². The van der Waals surface area contributed by atoms with Crippen LogP contribution in [0.1, 0.15) is 24.8 Å². The van der Waals surface area contributed by atoms with E-state index in [1.165, 1.54) is 5.56 Å². The van der Waals surface area contributed by atoms with E-state index < -0.39 is 0 Å². The highest BCUT2D eigenvalue weighted by Gasteiger charge is 2.21. The SMILES string of the molecule is O=C1CCCN1c1ccc(OCCCN(CCn2ccc3ccccc3c2=O)Cc2ccncc2)cc1. The summed E-state index contributed by atoms with van der Waals surface area (Å²) in [5.41, 5.74) is 2.17. The number of rotatable bonds is 11. The van der Waals surface area contributed by atoms with Crippen LogP contribution >= 0.6 is 0 Å². The average Bonchev–Trinajstić information content (AvgIpc) is 3.37. The van der Waals surface area contributed by atoms with Gasteiger partial charge in [-0.05, 0) is 72.3 Å². The molecular formula is C30H32N4O3. The van der Waals surface area contributed by atoms with E-state index in [9.17, 15) is 9.59 Å². The van der Waals surface area contributed by atoms with Crippen molar-refractivity contribution in [1.82, 2.24) is 14.5 Å². The summed E-state index contributed by atoms with van der Waals surface area (Å²) in [7, 11) is 0. The molecule has 1 aliphatic rings. The molecule has 3 heterocycles. The van der Waals surface area contributed by atoms with Crippen LogP contribution in [0.2, 0.25) is 0 Å². The van der Waals surface area contributed by atoms with Gasteiger partial charge in [0.1, 0.15) is 5.75 Å². The minimum atomic E-state index is 0.0457. The molecule has 0 atom stereocenters. The van der Waals surface area contributed by atoms with Crippen LogP contribution in [0.15, 0.2) is 90.1 Å². The molecule has 2 aromatic heterocycles. The van der Waals surface area contributed by atoms with E-state index in [0.29, 0.717) is 19.6 Å². The standard InChI is InChI=1S/C30H32N4O3/c35-29-7-3-18-34(29)26-8-10-27(11-9-26)37-22-4-17-32(23-24-12-15-31-16-13-24)20-21-33-19-14-25-5-1-2-6-28(25)30(33)36/h1-2,5-6,8-16,19H,3-4,7,17-18,20-23H2. The van der Waals surface area contributed by atoms with E-state index in [1.54, 1.807) is 4.57 Å². The van der Waals surface area contributed by atoms with Crippen LogP contribution in [0.4, 0.5) is 5.69 Å². The van der Waals surface area contributed by atoms with Crippen molar-refractivity contribution in [1.29, 1.82) is 0 Å². The molecule has 0 N–H and O–H groups in total. The lowest BCUT2D eigenvalue weighted by molar-refractivity contribution is -0.117. The predicted octanol–water partition coefficient (Wildman–Crippen LogP) is 4.49. The van der Waals surface area contributed by atoms with Crippen LogP contribution in [0.5, 0.6) is 5.75 Å². The number of hydrogen-bond donors (Lipinski definition) is 0. The van der Waals surface area contributed by atoms with Crippen LogP contribution < -0.4 is 15.2 Å². The molecule has 4 aromatic rings. The van der Waals surface area contributed by atoms with Crippen molar-refractivity contribution in [3.63, 3.8) is 0 Å². The molecule has 0 saturated carbocycles. The summed E-state index contributed by atoms with van der Waals surface area (Å²) in [5.74, 6) is 0.993. The van der Waals surface area contributed by atoms with Gasteiger partial charge < -0.3 is 14.2 Å². The molecule has 37 heavy (non-hydrogen) atoms. The van der Waals surface area contributed by atoms with Crippen molar-refractivity contribution in [3.8, 4) is 5.75 Å². The first-order valence-electron chi connectivity index (χ1n) is 12.9. The largest absolute Gasteiger partial charge is 0.494 e. The van der Waals surface area contributed by atoms with Crippen molar-refractivity contribution in [3.05, 3.63) is 101 Å². The Morgan fingerprint density at radius 3 is 2.51 bits per heavy atom. The van der Waals surface area contributed by atoms with Gasteiger partial charge in [-0.1, -0.05) is 18.2 Å². The van der Waals surface area contributed by atoms with Crippen LogP contribution in [-0.2, 0) is 17.9 Å². The topological polar surface area (TPSA) is 67.7 Å². The average molecular weight is 497 g/mol. The number of amides is 1. The number of fused-ring (bicyclic) bond motifs is 1. The van der Waals surface area contributed by atoms with E-state index in [1.807, 2.05) is 90.2 Å². The maximum atomic E-state index is 12.9. The molecule has 0 bridgehead atoms. The third kappa shape index (κ3) is 6.24. The minimum absolute atomic E-state index is 0.0457. The first-order valence-corrected chi connectivity index (χ1v) is 12.9. The number of carbonyl (C=O) groups excluding carboxylic acids is 1. The Kier molecular flexibility index (Phi) is 7.91. The number of anilines is 1. The van der Waals surface area contributed by atoms with E-state index in [2.05, 4.69) is 9.88 Å². The second-order valence-electron chi connectivity index (χ2n) is 9.38. The van der Waals surface area contributed by atoms with E-state index in [0.717, 1.165) is 61.2 Å². The summed E-state index contributed by atoms with van der Waals surface area (Å²) >= 11 is 0. The highest BCUT2D eigenvalue weighted by molar-refractivity contribution is 5.95. The van der Waals surface area contributed by atoms with Gasteiger partial charge in [0.25, 0.3) is 5.56 Å². The predicted molar refractivity (Wildman–Crippen MR) is 146 cm³/mol. The molecule has 7 heteroatoms. The molecule has 1 aliphatic heterocycles. The third-order valence-corrected chi connectivity index (χ3v) is 6.81. The van der Waals surface area contributed by atoms with E-state index >= 15 is 0 Å². The number of ether oxygens (including phenoxy) is 1. The van der Waals surface area contributed by atoms with Gasteiger partial charge in [-0.3, -0.25) is 19.5 Å². The first-order chi connectivity index (χ1) is 18.2. The summed E-state index contributed by atoms with van der Waals surface area (Å²) in [4.78, 5) is 33.2. The van der Waals surface area contributed by atoms with Crippen LogP contribution in [0, 0.1) is 0 Å². The fraction of sp³-hybridized carbons (Fsp3) is 0.300. The molecular weight excluding hydrogens is 464 g/mol. The Labute approximate surface area is 216 Å². The second kappa shape index (κ2) is 11.8. The molecule has 1 amide bonds. The van der Waals surface area contributed by atoms with Gasteiger partial charge in [-0.15, -0.1) is 0 Å². The van der Waals surface area contributed by atoms with Gasteiger partial charge in [0.15, 0.2) is 0 Å². The molecule has 1 fully saturated rings. The monoisotopic (exact) mass is 496 g/mol. The van der Waals surface area contributed by atoms with Crippen molar-refractivity contribution in [2.75, 3.05) is 31.1 Å². The number of pyridine rings is 2. The van der Waals surface area contributed by atoms with Crippen molar-refractivity contribution >= 4 is 22.4 Å². The summed E-state index contributed by atoms with van der Waals surface area (Å²) in [6.07, 6.45) is 7.90. The lowest BCUT2D eigenvalue weighted by Crippen LogP contribution is -2.32. The first kappa shape index (κ1) is 24.7. The lowest BCUT2D eigenvalue weighted by atomic mass is 10.2. The number of aromatic nitrogens is 2. The summed E-state index contributed by atoms with van der Waals surface area (Å²) in [6, 6.07) is 21.5. The lowest BCUT2D eigenvalue weighted by Gasteiger charge is -2.23. The Morgan fingerprint density at radius 1 is 0.919 bits per heavy atom. The Morgan fingerprint density at radius 2 is 1.73 bits per heavy atom. The van der Waals surface area contributed by atoms with Crippen molar-refractivity contribution < 1.29 is 9.53 Å². The van der Waals surface area contributed by atoms with Crippen molar-refractivity contribution in [2.45, 2.75) is 32.4 Å². The van der Waals surface area contributed by atoms with Gasteiger partial charge >= 0.3 is 0 Å². The highest BCUT2D eigenvalue weighted by Crippen LogP contribution is 2.24. The molecule has 0 aliphatic carbocycles. The molecule has 5 rings (SSSR count). The molecule has 7 nitrogen and oxygen atoms in total. The number of hydrogen-bond acceptors (Lipinski definition) is 5. The highest BCUT2D eigenvalue weighted by atomic mass is 16.5. The fourth-order valence-electron chi connectivity index (χ4n) is 4.79. The van der Waals surface area contributed by atoms with Crippen LogP contribution in [0.25, 0.3) is 10.8 Å². The quantitative estimate of drug-likeness (QED) is 0.286. The molecule has 190 valence electrons. The Hall–Kier alpha value is -3.97. The number of benzene rings is 2.